The number of nitrogens with one attached hydrogen (secondary N) is 1. The van der Waals surface area contributed by atoms with Crippen LogP contribution >= 0.6 is 11.6 Å². The van der Waals surface area contributed by atoms with Gasteiger partial charge in [-0.3, -0.25) is 0 Å². The Morgan fingerprint density at radius 1 is 1.10 bits per heavy atom. The first-order valence-corrected chi connectivity index (χ1v) is 6.56. The molecule has 0 aliphatic carbocycles. The van der Waals surface area contributed by atoms with Crippen LogP contribution in [-0.4, -0.2) is 13.7 Å². The van der Waals surface area contributed by atoms with Crippen molar-refractivity contribution < 1.29 is 17.9 Å². The van der Waals surface area contributed by atoms with E-state index in [0.29, 0.717) is 10.6 Å². The molecule has 0 aliphatic heterocycles. The smallest absolute Gasteiger partial charge is 0.387 e. The van der Waals surface area contributed by atoms with Crippen molar-refractivity contribution in [2.75, 3.05) is 7.05 Å². The third-order valence-corrected chi connectivity index (χ3v) is 3.34. The lowest BCUT2D eigenvalue weighted by Crippen LogP contribution is -2.18. The maximum Gasteiger partial charge on any atom is 0.387 e. The Bertz CT molecular complexity index is 604. The van der Waals surface area contributed by atoms with Gasteiger partial charge in [-0.1, -0.05) is 23.7 Å². The van der Waals surface area contributed by atoms with Crippen molar-refractivity contribution in [3.63, 3.8) is 0 Å². The molecule has 0 saturated carbocycles. The quantitative estimate of drug-likeness (QED) is 0.883. The molecule has 0 aliphatic rings. The molecule has 0 bridgehead atoms. The van der Waals surface area contributed by atoms with E-state index in [4.69, 9.17) is 11.6 Å². The van der Waals surface area contributed by atoms with Crippen LogP contribution in [0.5, 0.6) is 5.75 Å². The van der Waals surface area contributed by atoms with E-state index in [1.807, 2.05) is 0 Å². The summed E-state index contributed by atoms with van der Waals surface area (Å²) in [5, 5.41) is 3.44. The van der Waals surface area contributed by atoms with Gasteiger partial charge in [0.15, 0.2) is 0 Å². The first-order chi connectivity index (χ1) is 10.0. The molecule has 0 heterocycles. The maximum absolute atomic E-state index is 13.4. The SMILES string of the molecule is CNC(c1ccc(OC(F)F)cc1)c1cc(F)ccc1Cl. The van der Waals surface area contributed by atoms with Crippen LogP contribution in [0, 0.1) is 5.82 Å². The zero-order valence-electron chi connectivity index (χ0n) is 11.1. The molecule has 0 amide bonds. The Kier molecular flexibility index (Phi) is 5.09. The molecule has 1 atom stereocenters. The van der Waals surface area contributed by atoms with E-state index in [0.717, 1.165) is 5.56 Å². The summed E-state index contributed by atoms with van der Waals surface area (Å²) in [7, 11) is 1.70. The lowest BCUT2D eigenvalue weighted by Gasteiger charge is -2.19. The number of benzene rings is 2. The summed E-state index contributed by atoms with van der Waals surface area (Å²) >= 11 is 6.09. The van der Waals surface area contributed by atoms with Crippen LogP contribution in [0.4, 0.5) is 13.2 Å². The molecule has 6 heteroatoms. The minimum Gasteiger partial charge on any atom is -0.435 e. The third-order valence-electron chi connectivity index (χ3n) is 3.00. The first kappa shape index (κ1) is 15.7. The molecule has 0 spiro atoms. The van der Waals surface area contributed by atoms with E-state index >= 15 is 0 Å². The lowest BCUT2D eigenvalue weighted by molar-refractivity contribution is -0.0498. The van der Waals surface area contributed by atoms with Crippen LogP contribution < -0.4 is 10.1 Å². The predicted octanol–water partition coefficient (Wildman–Crippen LogP) is 4.39. The monoisotopic (exact) mass is 315 g/mol. The minimum atomic E-state index is -2.87. The Labute approximate surface area is 125 Å². The van der Waals surface area contributed by atoms with Crippen LogP contribution in [0.1, 0.15) is 17.2 Å². The summed E-state index contributed by atoms with van der Waals surface area (Å²) in [6.07, 6.45) is 0. The highest BCUT2D eigenvalue weighted by Gasteiger charge is 2.16. The first-order valence-electron chi connectivity index (χ1n) is 6.18. The van der Waals surface area contributed by atoms with E-state index in [1.54, 1.807) is 19.2 Å². The van der Waals surface area contributed by atoms with Crippen molar-refractivity contribution in [2.45, 2.75) is 12.7 Å². The second-order valence-corrected chi connectivity index (χ2v) is 4.74. The standard InChI is InChI=1S/C15H13ClF3NO/c1-20-14(12-8-10(17)4-7-13(12)16)9-2-5-11(6-3-9)21-15(18)19/h2-8,14-15,20H,1H3. The third kappa shape index (κ3) is 3.89. The molecule has 0 radical (unpaired) electrons. The van der Waals surface area contributed by atoms with E-state index in [9.17, 15) is 13.2 Å². The summed E-state index contributed by atoms with van der Waals surface area (Å²) in [6.45, 7) is -2.87. The molecule has 0 aromatic heterocycles. The largest absolute Gasteiger partial charge is 0.435 e. The molecule has 112 valence electrons. The van der Waals surface area contributed by atoms with Crippen molar-refractivity contribution in [2.24, 2.45) is 0 Å². The molecule has 2 aromatic rings. The molecular weight excluding hydrogens is 303 g/mol. The Hall–Kier alpha value is -1.72. The molecule has 0 saturated heterocycles. The van der Waals surface area contributed by atoms with Crippen LogP contribution in [0.15, 0.2) is 42.5 Å². The Morgan fingerprint density at radius 3 is 2.33 bits per heavy atom. The lowest BCUT2D eigenvalue weighted by atomic mass is 9.98. The fourth-order valence-electron chi connectivity index (χ4n) is 2.08. The van der Waals surface area contributed by atoms with Gasteiger partial charge in [0.25, 0.3) is 0 Å². The fraction of sp³-hybridized carbons (Fsp3) is 0.200. The van der Waals surface area contributed by atoms with Gasteiger partial charge in [-0.15, -0.1) is 0 Å². The Balaban J connectivity index is 2.31. The molecule has 2 aromatic carbocycles. The summed E-state index contributed by atoms with van der Waals surface area (Å²) < 4.78 is 41.9. The number of ether oxygens (including phenoxy) is 1. The van der Waals surface area contributed by atoms with Gasteiger partial charge < -0.3 is 10.1 Å². The van der Waals surface area contributed by atoms with Gasteiger partial charge in [0.1, 0.15) is 11.6 Å². The Morgan fingerprint density at radius 2 is 1.76 bits per heavy atom. The molecular formula is C15H13ClF3NO. The normalized spacial score (nSPS) is 12.5. The van der Waals surface area contributed by atoms with E-state index in [2.05, 4.69) is 10.1 Å². The highest BCUT2D eigenvalue weighted by Crippen LogP contribution is 2.30. The van der Waals surface area contributed by atoms with Gasteiger partial charge in [-0.05, 0) is 48.5 Å². The van der Waals surface area contributed by atoms with Crippen LogP contribution in [0.2, 0.25) is 5.02 Å². The fourth-order valence-corrected chi connectivity index (χ4v) is 2.31. The number of alkyl halides is 2. The van der Waals surface area contributed by atoms with Gasteiger partial charge in [0.2, 0.25) is 0 Å². The van der Waals surface area contributed by atoms with Crippen molar-refractivity contribution in [1.29, 1.82) is 0 Å². The summed E-state index contributed by atoms with van der Waals surface area (Å²) in [5.74, 6) is -0.332. The van der Waals surface area contributed by atoms with Gasteiger partial charge in [-0.2, -0.15) is 8.78 Å². The van der Waals surface area contributed by atoms with Crippen molar-refractivity contribution in [3.8, 4) is 5.75 Å². The van der Waals surface area contributed by atoms with Crippen LogP contribution in [0.25, 0.3) is 0 Å². The second kappa shape index (κ2) is 6.83. The van der Waals surface area contributed by atoms with Gasteiger partial charge in [-0.25, -0.2) is 4.39 Å². The van der Waals surface area contributed by atoms with E-state index in [1.165, 1.54) is 30.3 Å². The minimum absolute atomic E-state index is 0.0638. The van der Waals surface area contributed by atoms with Gasteiger partial charge in [0, 0.05) is 5.02 Å². The summed E-state index contributed by atoms with van der Waals surface area (Å²) in [5.41, 5.74) is 1.33. The molecule has 2 rings (SSSR count). The van der Waals surface area contributed by atoms with Crippen LogP contribution in [0.3, 0.4) is 0 Å². The second-order valence-electron chi connectivity index (χ2n) is 4.34. The van der Waals surface area contributed by atoms with Crippen LogP contribution in [-0.2, 0) is 0 Å². The zero-order chi connectivity index (χ0) is 15.4. The topological polar surface area (TPSA) is 21.3 Å². The maximum atomic E-state index is 13.4. The van der Waals surface area contributed by atoms with Gasteiger partial charge >= 0.3 is 6.61 Å². The van der Waals surface area contributed by atoms with Crippen molar-refractivity contribution in [1.82, 2.24) is 5.32 Å². The van der Waals surface area contributed by atoms with Crippen molar-refractivity contribution >= 4 is 11.6 Å². The highest BCUT2D eigenvalue weighted by atomic mass is 35.5. The number of rotatable bonds is 5. The number of hydrogen-bond acceptors (Lipinski definition) is 2. The average molecular weight is 316 g/mol. The molecule has 21 heavy (non-hydrogen) atoms. The zero-order valence-corrected chi connectivity index (χ0v) is 11.9. The van der Waals surface area contributed by atoms with Crippen molar-refractivity contribution in [3.05, 3.63) is 64.4 Å². The molecule has 2 nitrogen and oxygen atoms in total. The summed E-state index contributed by atoms with van der Waals surface area (Å²) in [6, 6.07) is 9.85. The highest BCUT2D eigenvalue weighted by molar-refractivity contribution is 6.31. The number of hydrogen-bond donors (Lipinski definition) is 1. The number of halogens is 4. The molecule has 1 unspecified atom stereocenters. The molecule has 1 N–H and O–H groups in total. The summed E-state index contributed by atoms with van der Waals surface area (Å²) in [4.78, 5) is 0. The van der Waals surface area contributed by atoms with E-state index in [-0.39, 0.29) is 11.8 Å². The van der Waals surface area contributed by atoms with Gasteiger partial charge in [0.05, 0.1) is 6.04 Å². The average Bonchev–Trinajstić information content (AvgIpc) is 2.44. The molecule has 0 fully saturated rings. The van der Waals surface area contributed by atoms with E-state index < -0.39 is 12.4 Å². The predicted molar refractivity (Wildman–Crippen MR) is 75.4 cm³/mol.